The van der Waals surface area contributed by atoms with E-state index in [0.717, 1.165) is 25.1 Å². The second-order valence-corrected chi connectivity index (χ2v) is 11.6. The van der Waals surface area contributed by atoms with E-state index in [1.807, 2.05) is 18.9 Å². The molecule has 1 N–H and O–H groups in total. The van der Waals surface area contributed by atoms with Crippen molar-refractivity contribution in [3.8, 4) is 5.75 Å². The third kappa shape index (κ3) is 5.32. The van der Waals surface area contributed by atoms with Crippen LogP contribution in [0.1, 0.15) is 31.9 Å². The SMILES string of the molecule is CCCN1CC2=C(C(=O)NC2c2cc(S(=O)(=O)N3CCN(CCCl)CC3)ccc2OCC)N(C)C1. The number of carbonyl (C=O) groups is 1. The summed E-state index contributed by atoms with van der Waals surface area (Å²) in [6, 6.07) is 4.58. The van der Waals surface area contributed by atoms with Gasteiger partial charge < -0.3 is 15.0 Å². The zero-order valence-electron chi connectivity index (χ0n) is 20.8. The Morgan fingerprint density at radius 3 is 2.51 bits per heavy atom. The average Bonchev–Trinajstić information content (AvgIpc) is 3.16. The number of hydrogen-bond acceptors (Lipinski definition) is 7. The van der Waals surface area contributed by atoms with Gasteiger partial charge in [0.1, 0.15) is 11.4 Å². The molecule has 0 radical (unpaired) electrons. The number of nitrogens with zero attached hydrogens (tertiary/aromatic N) is 4. The van der Waals surface area contributed by atoms with Crippen molar-refractivity contribution in [3.05, 3.63) is 35.0 Å². The number of likely N-dealkylation sites (N-methyl/N-ethyl adjacent to an activating group) is 1. The van der Waals surface area contributed by atoms with Gasteiger partial charge in [0.05, 0.1) is 24.2 Å². The van der Waals surface area contributed by atoms with Crippen molar-refractivity contribution in [2.45, 2.75) is 31.2 Å². The maximum atomic E-state index is 13.5. The molecule has 1 saturated heterocycles. The van der Waals surface area contributed by atoms with E-state index in [1.165, 1.54) is 4.31 Å². The first kappa shape index (κ1) is 26.2. The van der Waals surface area contributed by atoms with Crippen molar-refractivity contribution in [3.63, 3.8) is 0 Å². The molecule has 1 aromatic carbocycles. The van der Waals surface area contributed by atoms with Gasteiger partial charge in [-0.1, -0.05) is 6.92 Å². The Morgan fingerprint density at radius 2 is 1.86 bits per heavy atom. The van der Waals surface area contributed by atoms with E-state index < -0.39 is 16.1 Å². The minimum Gasteiger partial charge on any atom is -0.494 e. The molecule has 0 saturated carbocycles. The van der Waals surface area contributed by atoms with Gasteiger partial charge in [-0.2, -0.15) is 4.31 Å². The van der Waals surface area contributed by atoms with Gasteiger partial charge in [-0.15, -0.1) is 11.6 Å². The zero-order valence-corrected chi connectivity index (χ0v) is 22.4. The van der Waals surface area contributed by atoms with Gasteiger partial charge >= 0.3 is 0 Å². The summed E-state index contributed by atoms with van der Waals surface area (Å²) in [5.41, 5.74) is 2.31. The number of halogens is 1. The van der Waals surface area contributed by atoms with Gasteiger partial charge in [0.2, 0.25) is 10.0 Å². The Hall–Kier alpha value is -1.85. The van der Waals surface area contributed by atoms with E-state index in [4.69, 9.17) is 16.3 Å². The highest BCUT2D eigenvalue weighted by atomic mass is 35.5. The van der Waals surface area contributed by atoms with Crippen molar-refractivity contribution in [2.24, 2.45) is 0 Å². The average molecular weight is 526 g/mol. The lowest BCUT2D eigenvalue weighted by Crippen LogP contribution is -2.49. The Morgan fingerprint density at radius 1 is 1.11 bits per heavy atom. The van der Waals surface area contributed by atoms with Crippen LogP contribution in [0.3, 0.4) is 0 Å². The minimum atomic E-state index is -3.69. The standard InChI is InChI=1S/C24H36ClN5O4S/c1-4-9-29-16-20-22(26-24(31)23(20)27(3)17-29)19-15-18(6-7-21(19)34-5-2)35(32,33)30-13-11-28(10-8-25)12-14-30/h6-7,15,22H,4-5,8-14,16-17H2,1-3H3,(H,26,31). The topological polar surface area (TPSA) is 85.4 Å². The number of nitrogens with one attached hydrogen (secondary N) is 1. The molecule has 1 amide bonds. The lowest BCUT2D eigenvalue weighted by molar-refractivity contribution is -0.118. The van der Waals surface area contributed by atoms with Crippen LogP contribution >= 0.6 is 11.6 Å². The van der Waals surface area contributed by atoms with Gasteiger partial charge in [0.25, 0.3) is 5.91 Å². The number of benzene rings is 1. The molecule has 3 aliphatic rings. The molecule has 11 heteroatoms. The summed E-state index contributed by atoms with van der Waals surface area (Å²) in [7, 11) is -1.76. The number of carbonyl (C=O) groups excluding carboxylic acids is 1. The molecule has 194 valence electrons. The molecule has 3 aliphatic heterocycles. The fourth-order valence-corrected chi connectivity index (χ4v) is 6.91. The largest absolute Gasteiger partial charge is 0.494 e. The molecule has 1 aromatic rings. The summed E-state index contributed by atoms with van der Waals surface area (Å²) in [5.74, 6) is 0.993. The third-order valence-corrected chi connectivity index (χ3v) is 8.90. The Bertz CT molecular complexity index is 1070. The Balaban J connectivity index is 1.67. The van der Waals surface area contributed by atoms with Crippen molar-refractivity contribution in [1.82, 2.24) is 24.3 Å². The second-order valence-electron chi connectivity index (χ2n) is 9.24. The van der Waals surface area contributed by atoms with Crippen LogP contribution in [-0.4, -0.2) is 105 Å². The number of ether oxygens (including phenoxy) is 1. The van der Waals surface area contributed by atoms with E-state index in [2.05, 4.69) is 22.0 Å². The van der Waals surface area contributed by atoms with Crippen molar-refractivity contribution in [1.29, 1.82) is 0 Å². The van der Waals surface area contributed by atoms with Crippen LogP contribution in [0.15, 0.2) is 34.4 Å². The van der Waals surface area contributed by atoms with E-state index in [0.29, 0.717) is 68.9 Å². The first-order chi connectivity index (χ1) is 16.8. The van der Waals surface area contributed by atoms with Crippen molar-refractivity contribution >= 4 is 27.5 Å². The molecular formula is C24H36ClN5O4S. The van der Waals surface area contributed by atoms with E-state index in [1.54, 1.807) is 18.2 Å². The van der Waals surface area contributed by atoms with Crippen LogP contribution in [0, 0.1) is 0 Å². The number of alkyl halides is 1. The molecule has 35 heavy (non-hydrogen) atoms. The predicted octanol–water partition coefficient (Wildman–Crippen LogP) is 1.67. The molecular weight excluding hydrogens is 490 g/mol. The van der Waals surface area contributed by atoms with Crippen LogP contribution in [-0.2, 0) is 14.8 Å². The van der Waals surface area contributed by atoms with Gasteiger partial charge in [-0.3, -0.25) is 14.6 Å². The van der Waals surface area contributed by atoms with Crippen molar-refractivity contribution in [2.75, 3.05) is 72.0 Å². The fourth-order valence-electron chi connectivity index (χ4n) is 5.21. The number of amides is 1. The smallest absolute Gasteiger partial charge is 0.268 e. The molecule has 1 atom stereocenters. The van der Waals surface area contributed by atoms with Gasteiger partial charge in [0, 0.05) is 57.8 Å². The maximum absolute atomic E-state index is 13.5. The number of rotatable bonds is 9. The predicted molar refractivity (Wildman–Crippen MR) is 136 cm³/mol. The molecule has 3 heterocycles. The van der Waals surface area contributed by atoms with Crippen LogP contribution < -0.4 is 10.1 Å². The Labute approximate surface area is 213 Å². The summed E-state index contributed by atoms with van der Waals surface area (Å²) < 4.78 is 34.5. The van der Waals surface area contributed by atoms with Crippen LogP contribution in [0.2, 0.25) is 0 Å². The molecule has 0 aliphatic carbocycles. The Kier molecular flexibility index (Phi) is 8.27. The van der Waals surface area contributed by atoms with Gasteiger partial charge in [-0.05, 0) is 43.7 Å². The fraction of sp³-hybridized carbons (Fsp3) is 0.625. The highest BCUT2D eigenvalue weighted by Crippen LogP contribution is 2.39. The molecule has 1 unspecified atom stereocenters. The van der Waals surface area contributed by atoms with E-state index in [9.17, 15) is 13.2 Å². The van der Waals surface area contributed by atoms with E-state index >= 15 is 0 Å². The highest BCUT2D eigenvalue weighted by molar-refractivity contribution is 7.89. The molecule has 0 bridgehead atoms. The number of piperazine rings is 1. The monoisotopic (exact) mass is 525 g/mol. The van der Waals surface area contributed by atoms with Crippen LogP contribution in [0.25, 0.3) is 0 Å². The first-order valence-corrected chi connectivity index (χ1v) is 14.3. The lowest BCUT2D eigenvalue weighted by Gasteiger charge is -2.35. The summed E-state index contributed by atoms with van der Waals surface area (Å²) in [4.78, 5) is 19.6. The van der Waals surface area contributed by atoms with Gasteiger partial charge in [0.15, 0.2) is 0 Å². The van der Waals surface area contributed by atoms with Crippen molar-refractivity contribution < 1.29 is 17.9 Å². The zero-order chi connectivity index (χ0) is 25.2. The molecule has 9 nitrogen and oxygen atoms in total. The number of hydrogen-bond donors (Lipinski definition) is 1. The lowest BCUT2D eigenvalue weighted by atomic mass is 9.97. The number of sulfonamides is 1. The van der Waals surface area contributed by atoms with Crippen LogP contribution in [0.4, 0.5) is 0 Å². The third-order valence-electron chi connectivity index (χ3n) is 6.83. The summed E-state index contributed by atoms with van der Waals surface area (Å²) in [5, 5.41) is 3.09. The maximum Gasteiger partial charge on any atom is 0.268 e. The van der Waals surface area contributed by atoms with Crippen LogP contribution in [0.5, 0.6) is 5.75 Å². The summed E-state index contributed by atoms with van der Waals surface area (Å²) in [6.45, 7) is 9.65. The normalized spacial score (nSPS) is 22.5. The quantitative estimate of drug-likeness (QED) is 0.491. The summed E-state index contributed by atoms with van der Waals surface area (Å²) in [6.07, 6.45) is 1.01. The van der Waals surface area contributed by atoms with Gasteiger partial charge in [-0.25, -0.2) is 8.42 Å². The van der Waals surface area contributed by atoms with E-state index in [-0.39, 0.29) is 10.8 Å². The molecule has 0 aromatic heterocycles. The second kappa shape index (κ2) is 11.0. The first-order valence-electron chi connectivity index (χ1n) is 12.3. The molecule has 4 rings (SSSR count). The minimum absolute atomic E-state index is 0.130. The highest BCUT2D eigenvalue weighted by Gasteiger charge is 2.40. The summed E-state index contributed by atoms with van der Waals surface area (Å²) >= 11 is 5.85. The molecule has 0 spiro atoms. The molecule has 1 fully saturated rings.